The number of amides is 3. The number of carbonyl (C=O) groups excluding carboxylic acids is 2. The second-order valence-electron chi connectivity index (χ2n) is 6.21. The topological polar surface area (TPSA) is 70.7 Å². The van der Waals surface area contributed by atoms with Crippen molar-refractivity contribution in [2.75, 3.05) is 29.6 Å². The summed E-state index contributed by atoms with van der Waals surface area (Å²) in [7, 11) is 1.61. The Morgan fingerprint density at radius 3 is 2.67 bits per heavy atom. The van der Waals surface area contributed by atoms with E-state index >= 15 is 0 Å². The molecule has 0 bridgehead atoms. The van der Waals surface area contributed by atoms with Crippen molar-refractivity contribution in [3.8, 4) is 5.75 Å². The third-order valence-electron chi connectivity index (χ3n) is 4.25. The van der Waals surface area contributed by atoms with Crippen molar-refractivity contribution in [3.63, 3.8) is 0 Å². The summed E-state index contributed by atoms with van der Waals surface area (Å²) in [6, 6.07) is 13.2. The van der Waals surface area contributed by atoms with E-state index in [1.54, 1.807) is 23.8 Å². The highest BCUT2D eigenvalue weighted by Crippen LogP contribution is 2.45. The second-order valence-corrected chi connectivity index (χ2v) is 7.28. The first-order valence-corrected chi connectivity index (χ1v) is 9.81. The molecule has 1 aliphatic rings. The van der Waals surface area contributed by atoms with E-state index in [0.717, 1.165) is 16.8 Å². The lowest BCUT2D eigenvalue weighted by Crippen LogP contribution is -2.29. The number of benzene rings is 2. The highest BCUT2D eigenvalue weighted by molar-refractivity contribution is 8.00. The van der Waals surface area contributed by atoms with E-state index < -0.39 is 0 Å². The maximum absolute atomic E-state index is 12.6. The minimum Gasteiger partial charge on any atom is -0.495 e. The lowest BCUT2D eigenvalue weighted by atomic mass is 10.1. The molecule has 0 radical (unpaired) electrons. The first-order valence-electron chi connectivity index (χ1n) is 8.76. The van der Waals surface area contributed by atoms with E-state index in [1.165, 1.54) is 0 Å². The van der Waals surface area contributed by atoms with Gasteiger partial charge in [0.25, 0.3) is 0 Å². The van der Waals surface area contributed by atoms with Crippen LogP contribution in [0.15, 0.2) is 42.5 Å². The van der Waals surface area contributed by atoms with Crippen LogP contribution in [-0.4, -0.2) is 31.3 Å². The molecule has 0 saturated carbocycles. The molecule has 1 saturated heterocycles. The average Bonchev–Trinajstić information content (AvgIpc) is 3.04. The molecule has 0 aromatic heterocycles. The van der Waals surface area contributed by atoms with Gasteiger partial charge in [-0.05, 0) is 49.2 Å². The predicted octanol–water partition coefficient (Wildman–Crippen LogP) is 3.92. The number of ether oxygens (including phenoxy) is 1. The Balaban J connectivity index is 1.86. The van der Waals surface area contributed by atoms with Crippen molar-refractivity contribution in [2.24, 2.45) is 0 Å². The van der Waals surface area contributed by atoms with Gasteiger partial charge in [0.05, 0.1) is 18.6 Å². The summed E-state index contributed by atoms with van der Waals surface area (Å²) in [6.07, 6.45) is 0. The Morgan fingerprint density at radius 1 is 1.26 bits per heavy atom. The maximum atomic E-state index is 12.6. The molecule has 0 spiro atoms. The molecule has 1 atom stereocenters. The lowest BCUT2D eigenvalue weighted by molar-refractivity contribution is -0.115. The van der Waals surface area contributed by atoms with Gasteiger partial charge in [0, 0.05) is 12.2 Å². The van der Waals surface area contributed by atoms with E-state index in [-0.39, 0.29) is 17.3 Å². The molecule has 1 unspecified atom stereocenters. The van der Waals surface area contributed by atoms with Gasteiger partial charge in [0.1, 0.15) is 11.1 Å². The van der Waals surface area contributed by atoms with Crippen molar-refractivity contribution >= 4 is 35.1 Å². The second kappa shape index (κ2) is 8.35. The summed E-state index contributed by atoms with van der Waals surface area (Å²) in [5, 5.41) is 5.34. The summed E-state index contributed by atoms with van der Waals surface area (Å²) < 4.78 is 5.47. The Hall–Kier alpha value is -2.67. The Labute approximate surface area is 163 Å². The number of nitrogens with zero attached hydrogens (tertiary/aromatic N) is 1. The number of nitrogens with one attached hydrogen (secondary N) is 2. The van der Waals surface area contributed by atoms with Crippen LogP contribution in [0.1, 0.15) is 23.4 Å². The maximum Gasteiger partial charge on any atom is 0.319 e. The molecule has 1 fully saturated rings. The van der Waals surface area contributed by atoms with Crippen molar-refractivity contribution in [2.45, 2.75) is 19.2 Å². The largest absolute Gasteiger partial charge is 0.495 e. The van der Waals surface area contributed by atoms with Gasteiger partial charge in [-0.25, -0.2) is 4.79 Å². The fourth-order valence-electron chi connectivity index (χ4n) is 2.99. The van der Waals surface area contributed by atoms with Crippen LogP contribution in [0.3, 0.4) is 0 Å². The molecule has 7 heteroatoms. The highest BCUT2D eigenvalue weighted by atomic mass is 32.2. The molecule has 2 aromatic carbocycles. The third-order valence-corrected chi connectivity index (χ3v) is 5.47. The summed E-state index contributed by atoms with van der Waals surface area (Å²) >= 11 is 1.58. The van der Waals surface area contributed by atoms with E-state index in [0.29, 0.717) is 23.7 Å². The molecular formula is C20H23N3O3S. The van der Waals surface area contributed by atoms with Gasteiger partial charge in [-0.1, -0.05) is 18.2 Å². The fourth-order valence-corrected chi connectivity index (χ4v) is 4.16. The van der Waals surface area contributed by atoms with E-state index in [4.69, 9.17) is 4.74 Å². The fraction of sp³-hybridized carbons (Fsp3) is 0.300. The summed E-state index contributed by atoms with van der Waals surface area (Å²) in [6.45, 7) is 4.43. The van der Waals surface area contributed by atoms with Crippen LogP contribution < -0.4 is 20.3 Å². The quantitative estimate of drug-likeness (QED) is 0.818. The van der Waals surface area contributed by atoms with Crippen molar-refractivity contribution in [1.29, 1.82) is 0 Å². The van der Waals surface area contributed by atoms with Gasteiger partial charge >= 0.3 is 6.03 Å². The Morgan fingerprint density at radius 2 is 2.00 bits per heavy atom. The summed E-state index contributed by atoms with van der Waals surface area (Å²) in [4.78, 5) is 26.0. The van der Waals surface area contributed by atoms with Crippen LogP contribution >= 0.6 is 11.8 Å². The summed E-state index contributed by atoms with van der Waals surface area (Å²) in [5.74, 6) is 1.15. The highest BCUT2D eigenvalue weighted by Gasteiger charge is 2.35. The molecule has 1 aliphatic heterocycles. The van der Waals surface area contributed by atoms with Crippen molar-refractivity contribution < 1.29 is 14.3 Å². The van der Waals surface area contributed by atoms with Crippen LogP contribution in [0.4, 0.5) is 16.2 Å². The summed E-state index contributed by atoms with van der Waals surface area (Å²) in [5.41, 5.74) is 3.55. The van der Waals surface area contributed by atoms with E-state index in [9.17, 15) is 9.59 Å². The monoisotopic (exact) mass is 385 g/mol. The number of anilines is 2. The van der Waals surface area contributed by atoms with Gasteiger partial charge in [-0.15, -0.1) is 11.8 Å². The van der Waals surface area contributed by atoms with Gasteiger partial charge in [-0.3, -0.25) is 9.69 Å². The lowest BCUT2D eigenvalue weighted by Gasteiger charge is -2.26. The number of urea groups is 1. The molecule has 3 amide bonds. The third kappa shape index (κ3) is 4.19. The van der Waals surface area contributed by atoms with Crippen LogP contribution in [0, 0.1) is 6.92 Å². The van der Waals surface area contributed by atoms with Gasteiger partial charge in [0.2, 0.25) is 5.91 Å². The average molecular weight is 385 g/mol. The molecule has 0 aliphatic carbocycles. The zero-order valence-corrected chi connectivity index (χ0v) is 16.4. The first kappa shape index (κ1) is 19.1. The molecule has 2 N–H and O–H groups in total. The standard InChI is InChI=1S/C20H23N3O3S/c1-4-21-20(25)22-15-8-6-14(7-9-15)19-23(18(24)12-27-19)16-11-13(2)5-10-17(16)26-3/h5-11,19H,4,12H2,1-3H3,(H2,21,22,25). The number of aryl methyl sites for hydroxylation is 1. The van der Waals surface area contributed by atoms with Crippen molar-refractivity contribution in [1.82, 2.24) is 5.32 Å². The van der Waals surface area contributed by atoms with E-state index in [1.807, 2.05) is 56.3 Å². The van der Waals surface area contributed by atoms with Gasteiger partial charge < -0.3 is 15.4 Å². The molecule has 27 heavy (non-hydrogen) atoms. The van der Waals surface area contributed by atoms with Crippen LogP contribution in [-0.2, 0) is 4.79 Å². The minimum absolute atomic E-state index is 0.0541. The zero-order valence-electron chi connectivity index (χ0n) is 15.6. The minimum atomic E-state index is -0.234. The molecular weight excluding hydrogens is 362 g/mol. The molecule has 3 rings (SSSR count). The van der Waals surface area contributed by atoms with Gasteiger partial charge in [0.15, 0.2) is 0 Å². The SMILES string of the molecule is CCNC(=O)Nc1ccc(C2SCC(=O)N2c2cc(C)ccc2OC)cc1. The number of carbonyl (C=O) groups is 2. The van der Waals surface area contributed by atoms with Gasteiger partial charge in [-0.2, -0.15) is 0 Å². The Kier molecular flexibility index (Phi) is 5.91. The van der Waals surface area contributed by atoms with E-state index in [2.05, 4.69) is 10.6 Å². The number of thioether (sulfide) groups is 1. The zero-order chi connectivity index (χ0) is 19.4. The number of hydrogen-bond acceptors (Lipinski definition) is 4. The number of methoxy groups -OCH3 is 1. The van der Waals surface area contributed by atoms with Crippen LogP contribution in [0.2, 0.25) is 0 Å². The smallest absolute Gasteiger partial charge is 0.319 e. The molecule has 6 nitrogen and oxygen atoms in total. The van der Waals surface area contributed by atoms with Crippen LogP contribution in [0.5, 0.6) is 5.75 Å². The number of hydrogen-bond donors (Lipinski definition) is 2. The van der Waals surface area contributed by atoms with Crippen molar-refractivity contribution in [3.05, 3.63) is 53.6 Å². The molecule has 1 heterocycles. The molecule has 2 aromatic rings. The molecule has 142 valence electrons. The number of rotatable bonds is 5. The normalized spacial score (nSPS) is 16.3. The Bertz CT molecular complexity index is 839. The predicted molar refractivity (Wildman–Crippen MR) is 110 cm³/mol. The van der Waals surface area contributed by atoms with Crippen LogP contribution in [0.25, 0.3) is 0 Å². The first-order chi connectivity index (χ1) is 13.0.